The fourth-order valence-corrected chi connectivity index (χ4v) is 5.09. The zero-order chi connectivity index (χ0) is 22.7. The van der Waals surface area contributed by atoms with Gasteiger partial charge in [0.1, 0.15) is 5.60 Å². The Bertz CT molecular complexity index is 666. The minimum absolute atomic E-state index is 0. The average Bonchev–Trinajstić information content (AvgIpc) is 3.68. The van der Waals surface area contributed by atoms with E-state index in [4.69, 9.17) is 9.73 Å². The van der Waals surface area contributed by atoms with Gasteiger partial charge in [0.2, 0.25) is 0 Å². The second-order valence-corrected chi connectivity index (χ2v) is 11.4. The molecule has 2 saturated carbocycles. The van der Waals surface area contributed by atoms with Crippen molar-refractivity contribution in [2.75, 3.05) is 45.8 Å². The van der Waals surface area contributed by atoms with Gasteiger partial charge in [-0.05, 0) is 91.0 Å². The van der Waals surface area contributed by atoms with Crippen LogP contribution in [0.25, 0.3) is 0 Å². The van der Waals surface area contributed by atoms with Gasteiger partial charge in [-0.1, -0.05) is 0 Å². The van der Waals surface area contributed by atoms with Crippen LogP contribution in [0.3, 0.4) is 0 Å². The van der Waals surface area contributed by atoms with Gasteiger partial charge in [-0.3, -0.25) is 4.99 Å². The molecule has 190 valence electrons. The van der Waals surface area contributed by atoms with Crippen LogP contribution in [0.15, 0.2) is 4.99 Å². The quantitative estimate of drug-likeness (QED) is 0.281. The number of carbonyl (C=O) groups excluding carboxylic acids is 1. The minimum Gasteiger partial charge on any atom is -0.444 e. The second kappa shape index (κ2) is 11.8. The molecule has 4 aliphatic rings. The molecule has 7 nitrogen and oxygen atoms in total. The number of ether oxygens (including phenoxy) is 1. The largest absolute Gasteiger partial charge is 0.444 e. The Kier molecular flexibility index (Phi) is 9.57. The molecule has 0 aromatic rings. The molecular weight excluding hydrogens is 529 g/mol. The number of rotatable bonds is 7. The third-order valence-corrected chi connectivity index (χ3v) is 7.20. The number of piperidine rings is 1. The molecular formula is C25H46IN5O2. The van der Waals surface area contributed by atoms with Gasteiger partial charge in [0.05, 0.1) is 0 Å². The lowest BCUT2D eigenvalue weighted by atomic mass is 10.0. The van der Waals surface area contributed by atoms with Crippen molar-refractivity contribution < 1.29 is 9.53 Å². The number of nitrogens with one attached hydrogen (secondary N) is 1. The number of nitrogens with zero attached hydrogens (tertiary/aromatic N) is 4. The van der Waals surface area contributed by atoms with Gasteiger partial charge in [0, 0.05) is 51.4 Å². The van der Waals surface area contributed by atoms with E-state index in [1.165, 1.54) is 45.2 Å². The Morgan fingerprint density at radius 2 is 1.73 bits per heavy atom. The fourth-order valence-electron chi connectivity index (χ4n) is 5.09. The molecule has 2 aliphatic carbocycles. The smallest absolute Gasteiger partial charge is 0.410 e. The molecule has 0 aromatic heterocycles. The summed E-state index contributed by atoms with van der Waals surface area (Å²) in [6, 6.07) is 1.14. The molecule has 1 unspecified atom stereocenters. The highest BCUT2D eigenvalue weighted by Crippen LogP contribution is 2.33. The first-order chi connectivity index (χ1) is 15.3. The number of hydrogen-bond donors (Lipinski definition) is 1. The van der Waals surface area contributed by atoms with Crippen molar-refractivity contribution in [3.63, 3.8) is 0 Å². The summed E-state index contributed by atoms with van der Waals surface area (Å²) >= 11 is 0. The number of halogens is 1. The normalized spacial score (nSPS) is 25.0. The summed E-state index contributed by atoms with van der Waals surface area (Å²) in [7, 11) is 0. The monoisotopic (exact) mass is 575 g/mol. The lowest BCUT2D eigenvalue weighted by molar-refractivity contribution is 0.00928. The van der Waals surface area contributed by atoms with Crippen LogP contribution in [0, 0.1) is 11.8 Å². The van der Waals surface area contributed by atoms with Crippen LogP contribution >= 0.6 is 24.0 Å². The summed E-state index contributed by atoms with van der Waals surface area (Å²) < 4.78 is 5.75. The van der Waals surface area contributed by atoms with Crippen LogP contribution in [0.5, 0.6) is 0 Å². The summed E-state index contributed by atoms with van der Waals surface area (Å²) in [5, 5.41) is 3.52. The van der Waals surface area contributed by atoms with Gasteiger partial charge >= 0.3 is 6.09 Å². The van der Waals surface area contributed by atoms with Crippen molar-refractivity contribution in [2.45, 2.75) is 90.3 Å². The maximum atomic E-state index is 12.9. The molecule has 0 bridgehead atoms. The zero-order valence-electron chi connectivity index (χ0n) is 21.2. The Morgan fingerprint density at radius 1 is 1.03 bits per heavy atom. The van der Waals surface area contributed by atoms with Crippen molar-refractivity contribution in [3.05, 3.63) is 0 Å². The Morgan fingerprint density at radius 3 is 2.30 bits per heavy atom. The van der Waals surface area contributed by atoms with E-state index in [-0.39, 0.29) is 36.1 Å². The van der Waals surface area contributed by atoms with E-state index in [9.17, 15) is 4.79 Å². The highest BCUT2D eigenvalue weighted by molar-refractivity contribution is 14.0. The lowest BCUT2D eigenvalue weighted by Crippen LogP contribution is -2.52. The molecule has 0 aromatic carbocycles. The molecule has 2 heterocycles. The van der Waals surface area contributed by atoms with Crippen molar-refractivity contribution in [1.29, 1.82) is 0 Å². The molecule has 0 radical (unpaired) electrons. The highest BCUT2D eigenvalue weighted by Gasteiger charge is 2.36. The number of likely N-dealkylation sites (tertiary alicyclic amines) is 2. The third kappa shape index (κ3) is 8.15. The number of hydrogen-bond acceptors (Lipinski definition) is 4. The van der Waals surface area contributed by atoms with Crippen LogP contribution in [-0.4, -0.2) is 90.3 Å². The predicted octanol–water partition coefficient (Wildman–Crippen LogP) is 4.17. The third-order valence-electron chi connectivity index (χ3n) is 7.20. The molecule has 1 amide bonds. The predicted molar refractivity (Wildman–Crippen MR) is 144 cm³/mol. The summed E-state index contributed by atoms with van der Waals surface area (Å²) in [6.45, 7) is 15.1. The summed E-state index contributed by atoms with van der Waals surface area (Å²) in [5.74, 6) is 2.42. The SMILES string of the molecule is CCNC(=NCC1CCN(C2CC2)C1)N1CCC(N(CC2CC2)C(=O)OC(C)(C)C)CC1.I. The van der Waals surface area contributed by atoms with Crippen molar-refractivity contribution in [1.82, 2.24) is 20.0 Å². The van der Waals surface area contributed by atoms with Crippen LogP contribution in [0.4, 0.5) is 4.79 Å². The van der Waals surface area contributed by atoms with Crippen molar-refractivity contribution in [2.24, 2.45) is 16.8 Å². The van der Waals surface area contributed by atoms with Crippen LogP contribution < -0.4 is 5.32 Å². The number of carbonyl (C=O) groups is 1. The summed E-state index contributed by atoms with van der Waals surface area (Å²) in [5.41, 5.74) is -0.445. The fraction of sp³-hybridized carbons (Fsp3) is 0.920. The number of aliphatic imine (C=N–C) groups is 1. The van der Waals surface area contributed by atoms with Crippen molar-refractivity contribution in [3.8, 4) is 0 Å². The molecule has 1 atom stereocenters. The van der Waals surface area contributed by atoms with E-state index in [0.29, 0.717) is 11.8 Å². The molecule has 2 saturated heterocycles. The van der Waals surface area contributed by atoms with Crippen molar-refractivity contribution >= 4 is 36.0 Å². The van der Waals surface area contributed by atoms with E-state index in [1.54, 1.807) is 0 Å². The van der Waals surface area contributed by atoms with Crippen LogP contribution in [0.2, 0.25) is 0 Å². The second-order valence-electron chi connectivity index (χ2n) is 11.4. The van der Waals surface area contributed by atoms with E-state index in [2.05, 4.69) is 22.0 Å². The summed E-state index contributed by atoms with van der Waals surface area (Å²) in [4.78, 5) is 25.1. The maximum absolute atomic E-state index is 12.9. The van der Waals surface area contributed by atoms with Crippen LogP contribution in [0.1, 0.15) is 72.6 Å². The molecule has 0 spiro atoms. The highest BCUT2D eigenvalue weighted by atomic mass is 127. The van der Waals surface area contributed by atoms with E-state index in [0.717, 1.165) is 57.6 Å². The first-order valence-electron chi connectivity index (χ1n) is 13.1. The first kappa shape index (κ1) is 26.8. The molecule has 1 N–H and O–H groups in total. The number of guanidine groups is 1. The van der Waals surface area contributed by atoms with E-state index in [1.807, 2.05) is 25.7 Å². The van der Waals surface area contributed by atoms with Gasteiger partial charge in [-0.25, -0.2) is 4.79 Å². The first-order valence-corrected chi connectivity index (χ1v) is 13.1. The average molecular weight is 576 g/mol. The summed E-state index contributed by atoms with van der Waals surface area (Å²) in [6.07, 6.45) is 8.40. The lowest BCUT2D eigenvalue weighted by Gasteiger charge is -2.40. The van der Waals surface area contributed by atoms with E-state index >= 15 is 0 Å². The molecule has 33 heavy (non-hydrogen) atoms. The number of amides is 1. The standard InChI is InChI=1S/C25H45N5O2.HI/c1-5-26-23(27-16-20-10-13-29(17-20)21-8-9-21)28-14-11-22(12-15-28)30(18-19-6-7-19)24(31)32-25(2,3)4;/h19-22H,5-18H2,1-4H3,(H,26,27);1H. The topological polar surface area (TPSA) is 60.4 Å². The van der Waals surface area contributed by atoms with Crippen LogP contribution in [-0.2, 0) is 4.74 Å². The zero-order valence-corrected chi connectivity index (χ0v) is 23.6. The Hall–Kier alpha value is -0.770. The van der Waals surface area contributed by atoms with Gasteiger partial charge in [-0.2, -0.15) is 0 Å². The van der Waals surface area contributed by atoms with Gasteiger partial charge in [-0.15, -0.1) is 24.0 Å². The Labute approximate surface area is 218 Å². The molecule has 2 aliphatic heterocycles. The molecule has 8 heteroatoms. The van der Waals surface area contributed by atoms with E-state index < -0.39 is 5.60 Å². The molecule has 4 rings (SSSR count). The van der Waals surface area contributed by atoms with Gasteiger partial charge < -0.3 is 24.8 Å². The molecule has 4 fully saturated rings. The van der Waals surface area contributed by atoms with Gasteiger partial charge in [0.15, 0.2) is 5.96 Å². The van der Waals surface area contributed by atoms with Gasteiger partial charge in [0.25, 0.3) is 0 Å². The minimum atomic E-state index is -0.445. The Balaban J connectivity index is 0.00000306. The maximum Gasteiger partial charge on any atom is 0.410 e.